The van der Waals surface area contributed by atoms with Crippen LogP contribution in [0.1, 0.15) is 374 Å². The van der Waals surface area contributed by atoms with E-state index in [-0.39, 0.29) is 31.1 Å². The number of ether oxygens (including phenoxy) is 3. The molecule has 446 valence electrons. The molecule has 0 fully saturated rings. The molecule has 0 aromatic heterocycles. The Hall–Kier alpha value is -2.37. The summed E-state index contributed by atoms with van der Waals surface area (Å²) in [5.41, 5.74) is 0. The molecule has 0 amide bonds. The van der Waals surface area contributed by atoms with E-state index in [1.54, 1.807) is 0 Å². The molecule has 0 aromatic carbocycles. The van der Waals surface area contributed by atoms with Gasteiger partial charge in [-0.15, -0.1) is 0 Å². The summed E-state index contributed by atoms with van der Waals surface area (Å²) in [7, 11) is 0. The normalized spacial score (nSPS) is 12.2. The molecule has 1 unspecified atom stereocenters. The molecule has 6 heteroatoms. The number of carbonyl (C=O) groups is 3. The van der Waals surface area contributed by atoms with Gasteiger partial charge < -0.3 is 14.2 Å². The van der Waals surface area contributed by atoms with E-state index >= 15 is 0 Å². The molecule has 6 nitrogen and oxygen atoms in total. The van der Waals surface area contributed by atoms with Crippen molar-refractivity contribution < 1.29 is 28.6 Å². The monoisotopic (exact) mass is 1070 g/mol. The summed E-state index contributed by atoms with van der Waals surface area (Å²) in [6.07, 6.45) is 80.9. The molecule has 0 heterocycles. The fraction of sp³-hybridized carbons (Fsp3) is 0.871. The molecule has 0 saturated heterocycles. The minimum Gasteiger partial charge on any atom is -0.462 e. The van der Waals surface area contributed by atoms with E-state index in [0.717, 1.165) is 83.5 Å². The van der Waals surface area contributed by atoms with Crippen molar-refractivity contribution in [3.05, 3.63) is 36.5 Å². The Morgan fingerprint density at radius 3 is 0.737 bits per heavy atom. The third kappa shape index (κ3) is 62.5. The van der Waals surface area contributed by atoms with Gasteiger partial charge in [0.05, 0.1) is 0 Å². The van der Waals surface area contributed by atoms with E-state index in [4.69, 9.17) is 14.2 Å². The second-order valence-corrected chi connectivity index (χ2v) is 23.1. The molecule has 1 atom stereocenters. The van der Waals surface area contributed by atoms with Crippen LogP contribution in [0.15, 0.2) is 36.5 Å². The number of rotatable bonds is 63. The van der Waals surface area contributed by atoms with Crippen molar-refractivity contribution in [2.45, 2.75) is 380 Å². The largest absolute Gasteiger partial charge is 0.462 e. The van der Waals surface area contributed by atoms with Crippen LogP contribution in [0.4, 0.5) is 0 Å². The summed E-state index contributed by atoms with van der Waals surface area (Å²) in [4.78, 5) is 37.9. The topological polar surface area (TPSA) is 78.9 Å². The van der Waals surface area contributed by atoms with Gasteiger partial charge >= 0.3 is 17.9 Å². The highest BCUT2D eigenvalue weighted by Crippen LogP contribution is 2.18. The number of carbonyl (C=O) groups excluding carboxylic acids is 3. The van der Waals surface area contributed by atoms with Crippen LogP contribution in [0, 0.1) is 0 Å². The van der Waals surface area contributed by atoms with Gasteiger partial charge in [-0.2, -0.15) is 0 Å². The zero-order chi connectivity index (χ0) is 55.0. The first kappa shape index (κ1) is 73.6. The molecule has 76 heavy (non-hydrogen) atoms. The lowest BCUT2D eigenvalue weighted by Gasteiger charge is -2.18. The van der Waals surface area contributed by atoms with Crippen LogP contribution in [0.5, 0.6) is 0 Å². The lowest BCUT2D eigenvalue weighted by molar-refractivity contribution is -0.167. The van der Waals surface area contributed by atoms with Crippen molar-refractivity contribution in [1.82, 2.24) is 0 Å². The third-order valence-corrected chi connectivity index (χ3v) is 15.4. The minimum absolute atomic E-state index is 0.0740. The minimum atomic E-state index is -0.774. The molecule has 0 aromatic rings. The van der Waals surface area contributed by atoms with Crippen molar-refractivity contribution in [1.29, 1.82) is 0 Å². The van der Waals surface area contributed by atoms with Crippen molar-refractivity contribution in [2.75, 3.05) is 13.2 Å². The average molecular weight is 1070 g/mol. The van der Waals surface area contributed by atoms with Gasteiger partial charge in [0.1, 0.15) is 13.2 Å². The Balaban J connectivity index is 3.93. The lowest BCUT2D eigenvalue weighted by atomic mass is 10.0. The summed E-state index contributed by atoms with van der Waals surface area (Å²) >= 11 is 0. The van der Waals surface area contributed by atoms with E-state index in [0.29, 0.717) is 19.3 Å². The summed E-state index contributed by atoms with van der Waals surface area (Å²) in [5.74, 6) is -0.881. The van der Waals surface area contributed by atoms with E-state index in [9.17, 15) is 14.4 Å². The van der Waals surface area contributed by atoms with Gasteiger partial charge in [0.2, 0.25) is 0 Å². The molecular formula is C70H130O6. The van der Waals surface area contributed by atoms with Gasteiger partial charge in [0.25, 0.3) is 0 Å². The molecule has 0 N–H and O–H groups in total. The van der Waals surface area contributed by atoms with Crippen LogP contribution in [0.25, 0.3) is 0 Å². The molecule has 0 spiro atoms. The van der Waals surface area contributed by atoms with E-state index < -0.39 is 6.10 Å². The molecule has 0 aliphatic heterocycles. The van der Waals surface area contributed by atoms with Crippen LogP contribution in [-0.2, 0) is 28.6 Å². The Kier molecular flexibility index (Phi) is 63.1. The zero-order valence-corrected chi connectivity index (χ0v) is 51.3. The maximum atomic E-state index is 12.8. The summed E-state index contributed by atoms with van der Waals surface area (Å²) in [5, 5.41) is 0. The Morgan fingerprint density at radius 2 is 0.474 bits per heavy atom. The van der Waals surface area contributed by atoms with Gasteiger partial charge in [-0.05, 0) is 57.8 Å². The van der Waals surface area contributed by atoms with Crippen LogP contribution in [-0.4, -0.2) is 37.2 Å². The van der Waals surface area contributed by atoms with Gasteiger partial charge in [0.15, 0.2) is 6.10 Å². The van der Waals surface area contributed by atoms with Gasteiger partial charge in [-0.1, -0.05) is 333 Å². The van der Waals surface area contributed by atoms with Crippen LogP contribution in [0.3, 0.4) is 0 Å². The molecule has 0 radical (unpaired) electrons. The first-order valence-corrected chi connectivity index (χ1v) is 34.0. The highest BCUT2D eigenvalue weighted by atomic mass is 16.6. The van der Waals surface area contributed by atoms with Crippen LogP contribution < -0.4 is 0 Å². The standard InChI is InChI=1S/C70H130O6/c1-4-7-10-13-15-17-19-21-23-25-27-29-30-31-32-33-34-35-36-37-38-39-41-42-44-46-48-50-52-54-57-60-63-69(72)75-66-67(65-74-68(71)62-59-56-12-9-6-3)76-70(73)64-61-58-55-53-51-49-47-45-43-40-28-26-24-22-20-18-16-14-11-8-5-2/h20,22,26,28,43,45,67H,4-19,21,23-25,27,29-42,44,46-66H2,1-3H3/b22-20-,28-26-,45-43-. The van der Waals surface area contributed by atoms with Crippen molar-refractivity contribution in [2.24, 2.45) is 0 Å². The Labute approximate surface area is 474 Å². The highest BCUT2D eigenvalue weighted by molar-refractivity contribution is 5.71. The molecular weight excluding hydrogens is 937 g/mol. The number of allylic oxidation sites excluding steroid dienone is 6. The quantitative estimate of drug-likeness (QED) is 0.0261. The molecule has 0 aliphatic rings. The second-order valence-electron chi connectivity index (χ2n) is 23.1. The van der Waals surface area contributed by atoms with Gasteiger partial charge in [-0.25, -0.2) is 0 Å². The summed E-state index contributed by atoms with van der Waals surface area (Å²) in [6, 6.07) is 0. The lowest BCUT2D eigenvalue weighted by Crippen LogP contribution is -2.30. The van der Waals surface area contributed by atoms with E-state index in [2.05, 4.69) is 57.2 Å². The highest BCUT2D eigenvalue weighted by Gasteiger charge is 2.19. The van der Waals surface area contributed by atoms with Crippen molar-refractivity contribution >= 4 is 17.9 Å². The van der Waals surface area contributed by atoms with Gasteiger partial charge in [-0.3, -0.25) is 14.4 Å². The number of hydrogen-bond acceptors (Lipinski definition) is 6. The first-order chi connectivity index (χ1) is 37.5. The summed E-state index contributed by atoms with van der Waals surface area (Å²) in [6.45, 7) is 6.59. The van der Waals surface area contributed by atoms with E-state index in [1.165, 1.54) is 250 Å². The van der Waals surface area contributed by atoms with Gasteiger partial charge in [0, 0.05) is 19.3 Å². The Bertz CT molecular complexity index is 1270. The maximum Gasteiger partial charge on any atom is 0.306 e. The third-order valence-electron chi connectivity index (χ3n) is 15.4. The summed E-state index contributed by atoms with van der Waals surface area (Å²) < 4.78 is 16.8. The van der Waals surface area contributed by atoms with Crippen LogP contribution >= 0.6 is 0 Å². The maximum absolute atomic E-state index is 12.8. The van der Waals surface area contributed by atoms with Crippen LogP contribution in [0.2, 0.25) is 0 Å². The van der Waals surface area contributed by atoms with Crippen molar-refractivity contribution in [3.8, 4) is 0 Å². The fourth-order valence-electron chi connectivity index (χ4n) is 10.3. The number of unbranched alkanes of at least 4 members (excludes halogenated alkanes) is 46. The first-order valence-electron chi connectivity index (χ1n) is 34.0. The SMILES string of the molecule is CCCCCCC/C=C\C/C=C\C/C=C\CCCCCCCCC(=O)OC(COC(=O)CCCCCCC)COC(=O)CCCCCCCCCCCCCCCCCCCCCCCCCCCCCCCCCC. The number of hydrogen-bond donors (Lipinski definition) is 0. The zero-order valence-electron chi connectivity index (χ0n) is 51.3. The second kappa shape index (κ2) is 65.2. The smallest absolute Gasteiger partial charge is 0.306 e. The van der Waals surface area contributed by atoms with E-state index in [1.807, 2.05) is 0 Å². The number of esters is 3. The molecule has 0 rings (SSSR count). The average Bonchev–Trinajstić information content (AvgIpc) is 3.42. The fourth-order valence-corrected chi connectivity index (χ4v) is 10.3. The molecule has 0 saturated carbocycles. The predicted molar refractivity (Wildman–Crippen MR) is 330 cm³/mol. The van der Waals surface area contributed by atoms with Crippen molar-refractivity contribution in [3.63, 3.8) is 0 Å². The molecule has 0 aliphatic carbocycles. The molecule has 0 bridgehead atoms. The Morgan fingerprint density at radius 1 is 0.263 bits per heavy atom. The predicted octanol–water partition coefficient (Wildman–Crippen LogP) is 23.2.